The molecule has 0 heterocycles. The van der Waals surface area contributed by atoms with Gasteiger partial charge in [0.05, 0.1) is 0 Å². The van der Waals surface area contributed by atoms with E-state index in [9.17, 15) is 9.59 Å². The van der Waals surface area contributed by atoms with Crippen molar-refractivity contribution in [3.63, 3.8) is 0 Å². The first-order valence-electron chi connectivity index (χ1n) is 9.07. The van der Waals surface area contributed by atoms with Gasteiger partial charge in [0.25, 0.3) is 0 Å². The zero-order valence-electron chi connectivity index (χ0n) is 17.0. The van der Waals surface area contributed by atoms with Crippen LogP contribution in [0, 0.1) is 5.92 Å². The summed E-state index contributed by atoms with van der Waals surface area (Å²) in [4.78, 5) is 24.2. The van der Waals surface area contributed by atoms with Gasteiger partial charge in [-0.15, -0.1) is 6.58 Å². The maximum atomic E-state index is 12.3. The van der Waals surface area contributed by atoms with E-state index in [0.29, 0.717) is 5.75 Å². The van der Waals surface area contributed by atoms with Gasteiger partial charge >= 0.3 is 12.1 Å². The highest BCUT2D eigenvalue weighted by atomic mass is 16.6. The SMILES string of the molecule is C=C[C@H](C)[C@@H](Oc1ccccc1)[C@H](C)OC(=O)[C@H](C)NC(=O)OC(C)(C)C. The van der Waals surface area contributed by atoms with Crippen molar-refractivity contribution in [2.75, 3.05) is 0 Å². The largest absolute Gasteiger partial charge is 0.486 e. The summed E-state index contributed by atoms with van der Waals surface area (Å²) in [5.74, 6) is 0.0624. The van der Waals surface area contributed by atoms with E-state index in [-0.39, 0.29) is 5.92 Å². The third-order valence-electron chi connectivity index (χ3n) is 3.76. The van der Waals surface area contributed by atoms with Crippen LogP contribution in [0.25, 0.3) is 0 Å². The molecule has 0 aliphatic heterocycles. The number of alkyl carbamates (subject to hydrolysis) is 1. The number of benzene rings is 1. The Kier molecular flexibility index (Phi) is 8.34. The highest BCUT2D eigenvalue weighted by Gasteiger charge is 2.29. The molecule has 0 bridgehead atoms. The van der Waals surface area contributed by atoms with E-state index in [0.717, 1.165) is 0 Å². The predicted octanol–water partition coefficient (Wildman–Crippen LogP) is 4.10. The molecule has 0 saturated carbocycles. The van der Waals surface area contributed by atoms with Crippen LogP contribution in [-0.2, 0) is 14.3 Å². The second kappa shape index (κ2) is 10.00. The van der Waals surface area contributed by atoms with E-state index in [1.165, 1.54) is 0 Å². The highest BCUT2D eigenvalue weighted by Crippen LogP contribution is 2.20. The van der Waals surface area contributed by atoms with E-state index < -0.39 is 35.9 Å². The van der Waals surface area contributed by atoms with Crippen molar-refractivity contribution in [2.45, 2.75) is 65.4 Å². The Bertz CT molecular complexity index is 623. The molecule has 1 N–H and O–H groups in total. The van der Waals surface area contributed by atoms with Crippen LogP contribution in [0.2, 0.25) is 0 Å². The molecular weight excluding hydrogens is 346 g/mol. The van der Waals surface area contributed by atoms with Crippen LogP contribution < -0.4 is 10.1 Å². The minimum atomic E-state index is -0.848. The zero-order chi connectivity index (χ0) is 20.6. The van der Waals surface area contributed by atoms with Gasteiger partial charge in [-0.05, 0) is 46.8 Å². The summed E-state index contributed by atoms with van der Waals surface area (Å²) in [6, 6.07) is 8.46. The van der Waals surface area contributed by atoms with Gasteiger partial charge in [-0.3, -0.25) is 0 Å². The van der Waals surface area contributed by atoms with Gasteiger partial charge in [0.1, 0.15) is 29.6 Å². The standard InChI is InChI=1S/C21H31NO5/c1-8-14(2)18(26-17-12-10-9-11-13-17)16(4)25-19(23)15(3)22-20(24)27-21(5,6)7/h8-16,18H,1H2,2-7H3,(H,22,24)/t14-,15-,16-,18+/m0/s1. The molecule has 1 rings (SSSR count). The average Bonchev–Trinajstić information content (AvgIpc) is 2.57. The molecular formula is C21H31NO5. The van der Waals surface area contributed by atoms with Crippen molar-refractivity contribution in [1.29, 1.82) is 0 Å². The van der Waals surface area contributed by atoms with E-state index >= 15 is 0 Å². The minimum Gasteiger partial charge on any atom is -0.486 e. The van der Waals surface area contributed by atoms with Crippen LogP contribution in [0.5, 0.6) is 5.75 Å². The van der Waals surface area contributed by atoms with Crippen molar-refractivity contribution in [1.82, 2.24) is 5.32 Å². The third-order valence-corrected chi connectivity index (χ3v) is 3.76. The van der Waals surface area contributed by atoms with E-state index in [1.807, 2.05) is 37.3 Å². The van der Waals surface area contributed by atoms with Crippen LogP contribution >= 0.6 is 0 Å². The number of carbonyl (C=O) groups excluding carboxylic acids is 2. The van der Waals surface area contributed by atoms with Crippen molar-refractivity contribution in [3.8, 4) is 5.75 Å². The number of amides is 1. The summed E-state index contributed by atoms with van der Waals surface area (Å²) in [5.41, 5.74) is -0.644. The number of esters is 1. The molecule has 6 nitrogen and oxygen atoms in total. The lowest BCUT2D eigenvalue weighted by Gasteiger charge is -2.29. The fourth-order valence-corrected chi connectivity index (χ4v) is 2.32. The van der Waals surface area contributed by atoms with Crippen LogP contribution in [0.15, 0.2) is 43.0 Å². The summed E-state index contributed by atoms with van der Waals surface area (Å²) in [5, 5.41) is 2.48. The summed E-state index contributed by atoms with van der Waals surface area (Å²) in [7, 11) is 0. The fourth-order valence-electron chi connectivity index (χ4n) is 2.32. The van der Waals surface area contributed by atoms with Crippen LogP contribution in [-0.4, -0.2) is 35.9 Å². The first kappa shape index (κ1) is 22.5. The molecule has 0 radical (unpaired) electrons. The van der Waals surface area contributed by atoms with Gasteiger partial charge in [0.2, 0.25) is 0 Å². The molecule has 4 atom stereocenters. The quantitative estimate of drug-likeness (QED) is 0.545. The van der Waals surface area contributed by atoms with E-state index in [4.69, 9.17) is 14.2 Å². The number of nitrogens with one attached hydrogen (secondary N) is 1. The Morgan fingerprint density at radius 2 is 1.70 bits per heavy atom. The molecule has 1 amide bonds. The maximum Gasteiger partial charge on any atom is 0.408 e. The maximum absolute atomic E-state index is 12.3. The Labute approximate surface area is 161 Å². The van der Waals surface area contributed by atoms with Gasteiger partial charge in [0.15, 0.2) is 0 Å². The first-order chi connectivity index (χ1) is 12.5. The fraction of sp³-hybridized carbons (Fsp3) is 0.524. The normalized spacial score (nSPS) is 15.6. The Balaban J connectivity index is 2.70. The first-order valence-corrected chi connectivity index (χ1v) is 9.07. The van der Waals surface area contributed by atoms with Crippen molar-refractivity contribution < 1.29 is 23.8 Å². The molecule has 6 heteroatoms. The van der Waals surface area contributed by atoms with Crippen LogP contribution in [0.3, 0.4) is 0 Å². The lowest BCUT2D eigenvalue weighted by molar-refractivity contribution is -0.155. The molecule has 0 fully saturated rings. The Morgan fingerprint density at radius 1 is 1.11 bits per heavy atom. The van der Waals surface area contributed by atoms with Gasteiger partial charge in [-0.2, -0.15) is 0 Å². The number of rotatable bonds is 8. The number of carbonyl (C=O) groups is 2. The van der Waals surface area contributed by atoms with Gasteiger partial charge < -0.3 is 19.5 Å². The van der Waals surface area contributed by atoms with Crippen molar-refractivity contribution in [2.24, 2.45) is 5.92 Å². The molecule has 27 heavy (non-hydrogen) atoms. The van der Waals surface area contributed by atoms with Crippen molar-refractivity contribution in [3.05, 3.63) is 43.0 Å². The molecule has 0 unspecified atom stereocenters. The second-order valence-electron chi connectivity index (χ2n) is 7.50. The lowest BCUT2D eigenvalue weighted by Crippen LogP contribution is -2.45. The summed E-state index contributed by atoms with van der Waals surface area (Å²) >= 11 is 0. The molecule has 0 saturated heterocycles. The predicted molar refractivity (Wildman–Crippen MR) is 105 cm³/mol. The summed E-state index contributed by atoms with van der Waals surface area (Å²) in [6.07, 6.45) is 0.118. The monoisotopic (exact) mass is 377 g/mol. The molecule has 0 aliphatic rings. The van der Waals surface area contributed by atoms with E-state index in [1.54, 1.807) is 40.7 Å². The molecule has 0 aromatic heterocycles. The topological polar surface area (TPSA) is 73.9 Å². The number of hydrogen-bond acceptors (Lipinski definition) is 5. The molecule has 1 aromatic rings. The van der Waals surface area contributed by atoms with Crippen LogP contribution in [0.4, 0.5) is 4.79 Å². The number of hydrogen-bond donors (Lipinski definition) is 1. The Morgan fingerprint density at radius 3 is 2.22 bits per heavy atom. The summed E-state index contributed by atoms with van der Waals surface area (Å²) in [6.45, 7) is 14.3. The van der Waals surface area contributed by atoms with Gasteiger partial charge in [0, 0.05) is 5.92 Å². The number of ether oxygens (including phenoxy) is 3. The van der Waals surface area contributed by atoms with Crippen LogP contribution in [0.1, 0.15) is 41.5 Å². The number of para-hydroxylation sites is 1. The average molecular weight is 377 g/mol. The van der Waals surface area contributed by atoms with Gasteiger partial charge in [-0.25, -0.2) is 9.59 Å². The molecule has 1 aromatic carbocycles. The minimum absolute atomic E-state index is 0.0536. The molecule has 0 aliphatic carbocycles. The highest BCUT2D eigenvalue weighted by molar-refractivity contribution is 5.81. The van der Waals surface area contributed by atoms with Gasteiger partial charge in [-0.1, -0.05) is 31.2 Å². The molecule has 150 valence electrons. The lowest BCUT2D eigenvalue weighted by atomic mass is 10.0. The second-order valence-corrected chi connectivity index (χ2v) is 7.50. The summed E-state index contributed by atoms with van der Waals surface area (Å²) < 4.78 is 16.7. The third kappa shape index (κ3) is 8.15. The van der Waals surface area contributed by atoms with E-state index in [2.05, 4.69) is 11.9 Å². The molecule has 0 spiro atoms. The van der Waals surface area contributed by atoms with Crippen molar-refractivity contribution >= 4 is 12.1 Å². The Hall–Kier alpha value is -2.50. The zero-order valence-corrected chi connectivity index (χ0v) is 17.0. The smallest absolute Gasteiger partial charge is 0.408 e.